The highest BCUT2D eigenvalue weighted by Crippen LogP contribution is 2.43. The number of carbonyl (C=O) groups is 2. The second kappa shape index (κ2) is 8.21. The number of hydrogen-bond acceptors (Lipinski definition) is 9. The summed E-state index contributed by atoms with van der Waals surface area (Å²) in [6.45, 7) is 9.63. The van der Waals surface area contributed by atoms with Crippen molar-refractivity contribution in [2.75, 3.05) is 18.6 Å². The lowest BCUT2D eigenvalue weighted by molar-refractivity contribution is -0.132. The molecule has 2 heterocycles. The van der Waals surface area contributed by atoms with Crippen LogP contribution in [0.1, 0.15) is 54.4 Å². The van der Waals surface area contributed by atoms with Gasteiger partial charge in [-0.05, 0) is 66.2 Å². The molecule has 2 fully saturated rings. The highest BCUT2D eigenvalue weighted by molar-refractivity contribution is 7.99. The van der Waals surface area contributed by atoms with Gasteiger partial charge in [-0.1, -0.05) is 0 Å². The normalized spacial score (nSPS) is 31.0. The van der Waals surface area contributed by atoms with E-state index in [-0.39, 0.29) is 18.7 Å². The van der Waals surface area contributed by atoms with Gasteiger partial charge in [0.15, 0.2) is 0 Å². The van der Waals surface area contributed by atoms with Crippen molar-refractivity contribution < 1.29 is 30.1 Å². The van der Waals surface area contributed by atoms with Gasteiger partial charge < -0.3 is 4.90 Å². The predicted octanol–water partition coefficient (Wildman–Crippen LogP) is 0.946. The molecule has 2 unspecified atom stereocenters. The minimum Gasteiger partial charge on any atom is -0.326 e. The lowest BCUT2D eigenvalue weighted by atomic mass is 9.99. The Hall–Kier alpha value is -0.700. The summed E-state index contributed by atoms with van der Waals surface area (Å²) < 4.78 is 56.0. The number of nitrogens with one attached hydrogen (secondary N) is 1. The molecule has 0 aromatic rings. The molecule has 2 aliphatic rings. The minimum absolute atomic E-state index is 0.196. The number of hydrogen-bond donors (Lipinski definition) is 1. The monoisotopic (exact) mass is 536 g/mol. The molecule has 0 spiro atoms. The summed E-state index contributed by atoms with van der Waals surface area (Å²) in [6.07, 6.45) is -0.547. The van der Waals surface area contributed by atoms with Crippen LogP contribution >= 0.6 is 23.6 Å². The van der Waals surface area contributed by atoms with Gasteiger partial charge in [-0.2, -0.15) is 21.3 Å². The maximum atomic E-state index is 12.5. The van der Waals surface area contributed by atoms with Crippen molar-refractivity contribution >= 4 is 55.6 Å². The number of halogens is 2. The average Bonchev–Trinajstić information content (AvgIpc) is 2.87. The summed E-state index contributed by atoms with van der Waals surface area (Å²) in [7, 11) is -7.53. The number of nitrogens with zero attached hydrogens (tertiary/aromatic N) is 3. The standard InChI is InChI=1S/C17H30Cl2N4O7S2/c1-14(2)20-16(5,12(24)21(14)7)8-10-31(26,27)30-32(28,29)11-9-17(6)13(25)22(18)15(3,4)23(17)19/h20H,8-11H2,1-7H3. The number of amides is 2. The van der Waals surface area contributed by atoms with Crippen LogP contribution < -0.4 is 5.32 Å². The molecule has 2 rings (SSSR count). The quantitative estimate of drug-likeness (QED) is 0.449. The Labute approximate surface area is 199 Å². The van der Waals surface area contributed by atoms with E-state index in [0.29, 0.717) is 0 Å². The topological polar surface area (TPSA) is 133 Å². The largest absolute Gasteiger partial charge is 0.326 e. The molecule has 1 N–H and O–H groups in total. The Kier molecular flexibility index (Phi) is 7.06. The van der Waals surface area contributed by atoms with Crippen LogP contribution in [0.15, 0.2) is 0 Å². The Balaban J connectivity index is 2.05. The van der Waals surface area contributed by atoms with Crippen molar-refractivity contribution in [2.24, 2.45) is 0 Å². The Morgan fingerprint density at radius 1 is 0.875 bits per heavy atom. The van der Waals surface area contributed by atoms with Crippen LogP contribution in [0.3, 0.4) is 0 Å². The van der Waals surface area contributed by atoms with Crippen LogP contribution in [0, 0.1) is 0 Å². The molecule has 15 heteroatoms. The van der Waals surface area contributed by atoms with E-state index in [1.54, 1.807) is 41.7 Å². The number of rotatable bonds is 8. The van der Waals surface area contributed by atoms with Crippen molar-refractivity contribution in [1.82, 2.24) is 19.1 Å². The van der Waals surface area contributed by atoms with Crippen LogP contribution in [0.5, 0.6) is 0 Å². The molecule has 0 radical (unpaired) electrons. The summed E-state index contributed by atoms with van der Waals surface area (Å²) in [4.78, 5) is 26.5. The molecule has 0 aromatic carbocycles. The Morgan fingerprint density at radius 3 is 1.72 bits per heavy atom. The van der Waals surface area contributed by atoms with Gasteiger partial charge in [0.1, 0.15) is 11.2 Å². The first-order valence-electron chi connectivity index (χ1n) is 9.82. The van der Waals surface area contributed by atoms with Crippen molar-refractivity contribution in [2.45, 2.75) is 76.8 Å². The summed E-state index contributed by atoms with van der Waals surface area (Å²) >= 11 is 12.2. The number of carbonyl (C=O) groups excluding carboxylic acids is 2. The molecule has 11 nitrogen and oxygen atoms in total. The first kappa shape index (κ1) is 27.5. The average molecular weight is 537 g/mol. The first-order valence-corrected chi connectivity index (χ1v) is 13.7. The van der Waals surface area contributed by atoms with Gasteiger partial charge in [-0.15, -0.1) is 3.63 Å². The lowest BCUT2D eigenvalue weighted by Gasteiger charge is -2.33. The van der Waals surface area contributed by atoms with E-state index in [4.69, 9.17) is 23.6 Å². The molecule has 32 heavy (non-hydrogen) atoms. The fraction of sp³-hybridized carbons (Fsp3) is 0.882. The molecule has 2 aliphatic heterocycles. The fourth-order valence-corrected chi connectivity index (χ4v) is 7.56. The van der Waals surface area contributed by atoms with Gasteiger partial charge >= 0.3 is 0 Å². The van der Waals surface area contributed by atoms with Crippen molar-refractivity contribution in [3.05, 3.63) is 0 Å². The molecular formula is C17H30Cl2N4O7S2. The van der Waals surface area contributed by atoms with Crippen LogP contribution in [-0.4, -0.2) is 83.3 Å². The summed E-state index contributed by atoms with van der Waals surface area (Å²) in [5.74, 6) is -2.43. The fourth-order valence-electron chi connectivity index (χ4n) is 3.91. The van der Waals surface area contributed by atoms with Gasteiger partial charge in [0.05, 0.1) is 22.7 Å². The summed E-state index contributed by atoms with van der Waals surface area (Å²) in [6, 6.07) is 0. The Morgan fingerprint density at radius 2 is 1.34 bits per heavy atom. The molecule has 0 aliphatic carbocycles. The second-order valence-corrected chi connectivity index (χ2v) is 13.9. The molecule has 0 saturated carbocycles. The third kappa shape index (κ3) is 4.89. The van der Waals surface area contributed by atoms with E-state index in [1.807, 2.05) is 0 Å². The smallest absolute Gasteiger partial charge is 0.281 e. The first-order chi connectivity index (χ1) is 14.1. The van der Waals surface area contributed by atoms with Crippen molar-refractivity contribution in [1.29, 1.82) is 0 Å². The third-order valence-corrected chi connectivity index (χ3v) is 10.5. The molecule has 0 aromatic heterocycles. The van der Waals surface area contributed by atoms with Crippen LogP contribution in [-0.2, 0) is 33.5 Å². The highest BCUT2D eigenvalue weighted by atomic mass is 35.5. The van der Waals surface area contributed by atoms with Crippen molar-refractivity contribution in [3.63, 3.8) is 0 Å². The van der Waals surface area contributed by atoms with Gasteiger partial charge in [0.2, 0.25) is 5.91 Å². The number of likely N-dealkylation sites (N-methyl/N-ethyl adjacent to an activating group) is 1. The van der Waals surface area contributed by atoms with Gasteiger partial charge in [-0.3, -0.25) is 14.9 Å². The van der Waals surface area contributed by atoms with E-state index in [1.165, 1.54) is 11.8 Å². The van der Waals surface area contributed by atoms with Gasteiger partial charge in [0.25, 0.3) is 26.1 Å². The predicted molar refractivity (Wildman–Crippen MR) is 119 cm³/mol. The van der Waals surface area contributed by atoms with E-state index >= 15 is 0 Å². The van der Waals surface area contributed by atoms with Gasteiger partial charge in [0, 0.05) is 18.8 Å². The van der Waals surface area contributed by atoms with E-state index in [0.717, 1.165) is 8.84 Å². The van der Waals surface area contributed by atoms with E-state index in [9.17, 15) is 26.4 Å². The minimum atomic E-state index is -4.58. The van der Waals surface area contributed by atoms with E-state index in [2.05, 4.69) is 8.95 Å². The zero-order valence-corrected chi connectivity index (χ0v) is 22.2. The molecule has 186 valence electrons. The molecule has 2 amide bonds. The summed E-state index contributed by atoms with van der Waals surface area (Å²) in [5, 5.41) is 3.06. The van der Waals surface area contributed by atoms with Crippen LogP contribution in [0.4, 0.5) is 0 Å². The third-order valence-electron chi connectivity index (χ3n) is 6.13. The lowest BCUT2D eigenvalue weighted by Crippen LogP contribution is -2.49. The maximum absolute atomic E-state index is 12.5. The second-order valence-electron chi connectivity index (χ2n) is 9.61. The Bertz CT molecular complexity index is 1020. The maximum Gasteiger partial charge on any atom is 0.281 e. The highest BCUT2D eigenvalue weighted by Gasteiger charge is 2.59. The van der Waals surface area contributed by atoms with Gasteiger partial charge in [-0.25, -0.2) is 4.42 Å². The van der Waals surface area contributed by atoms with Crippen LogP contribution in [0.25, 0.3) is 0 Å². The molecular weight excluding hydrogens is 507 g/mol. The molecule has 0 bridgehead atoms. The van der Waals surface area contributed by atoms with Crippen molar-refractivity contribution in [3.8, 4) is 0 Å². The zero-order chi connectivity index (χ0) is 25.1. The zero-order valence-electron chi connectivity index (χ0n) is 19.1. The van der Waals surface area contributed by atoms with E-state index < -0.39 is 60.1 Å². The SMILES string of the molecule is CN1C(=O)C(C)(CCS(=O)(=O)OS(=O)(=O)CCC2(C)C(=O)N(Cl)C(C)(C)N2Cl)NC1(C)C. The summed E-state index contributed by atoms with van der Waals surface area (Å²) in [5.41, 5.74) is -4.47. The van der Waals surface area contributed by atoms with Crippen LogP contribution in [0.2, 0.25) is 0 Å². The molecule has 2 saturated heterocycles. The molecule has 2 atom stereocenters.